The molecule has 6 nitrogen and oxygen atoms in total. The molecule has 3 rings (SSSR count). The van der Waals surface area contributed by atoms with E-state index < -0.39 is 6.10 Å². The number of furan rings is 1. The Bertz CT molecular complexity index is 654. The van der Waals surface area contributed by atoms with E-state index in [1.54, 1.807) is 24.3 Å². The number of aliphatic hydroxyl groups excluding tert-OH is 1. The minimum Gasteiger partial charge on any atom is -0.426 e. The lowest BCUT2D eigenvalue weighted by atomic mass is 10.3. The van der Waals surface area contributed by atoms with Crippen LogP contribution in [-0.2, 0) is 4.74 Å². The van der Waals surface area contributed by atoms with Crippen molar-refractivity contribution in [2.75, 3.05) is 19.7 Å². The summed E-state index contributed by atoms with van der Waals surface area (Å²) in [6, 6.07) is 12.4. The van der Waals surface area contributed by atoms with Crippen molar-refractivity contribution < 1.29 is 23.8 Å². The van der Waals surface area contributed by atoms with E-state index in [1.165, 1.54) is 4.90 Å². The van der Waals surface area contributed by atoms with Crippen molar-refractivity contribution >= 4 is 5.91 Å². The van der Waals surface area contributed by atoms with Gasteiger partial charge in [0.05, 0.1) is 12.6 Å². The normalized spacial score (nSPS) is 20.7. The van der Waals surface area contributed by atoms with E-state index in [2.05, 4.69) is 0 Å². The van der Waals surface area contributed by atoms with Gasteiger partial charge in [-0.05, 0) is 25.1 Å². The maximum Gasteiger partial charge on any atom is 0.290 e. The molecule has 1 aliphatic rings. The predicted octanol–water partition coefficient (Wildman–Crippen LogP) is 2.29. The minimum atomic E-state index is -0.672. The summed E-state index contributed by atoms with van der Waals surface area (Å²) in [7, 11) is 0. The van der Waals surface area contributed by atoms with E-state index >= 15 is 0 Å². The van der Waals surface area contributed by atoms with E-state index in [0.717, 1.165) is 0 Å². The Balaban J connectivity index is 1.65. The van der Waals surface area contributed by atoms with E-state index in [4.69, 9.17) is 13.9 Å². The van der Waals surface area contributed by atoms with Crippen LogP contribution < -0.4 is 4.74 Å². The highest BCUT2D eigenvalue weighted by molar-refractivity contribution is 5.92. The summed E-state index contributed by atoms with van der Waals surface area (Å²) >= 11 is 0. The molecule has 1 amide bonds. The van der Waals surface area contributed by atoms with Crippen LogP contribution in [0.5, 0.6) is 11.7 Å². The molecule has 0 radical (unpaired) electrons. The lowest BCUT2D eigenvalue weighted by Crippen LogP contribution is -2.29. The monoisotopic (exact) mass is 317 g/mol. The number of carbonyl (C=O) groups excluding carboxylic acids is 1. The average molecular weight is 317 g/mol. The zero-order chi connectivity index (χ0) is 16.2. The van der Waals surface area contributed by atoms with Crippen molar-refractivity contribution in [2.45, 2.75) is 19.1 Å². The number of amides is 1. The number of rotatable bonds is 5. The number of ether oxygens (including phenoxy) is 2. The molecule has 2 aromatic rings. The van der Waals surface area contributed by atoms with Gasteiger partial charge in [0.2, 0.25) is 0 Å². The van der Waals surface area contributed by atoms with Crippen LogP contribution in [0, 0.1) is 0 Å². The molecule has 0 unspecified atom stereocenters. The number of benzene rings is 1. The van der Waals surface area contributed by atoms with Crippen molar-refractivity contribution in [3.8, 4) is 11.7 Å². The van der Waals surface area contributed by atoms with Crippen molar-refractivity contribution in [1.82, 2.24) is 4.90 Å². The second kappa shape index (κ2) is 6.85. The number of hydrogen-bond donors (Lipinski definition) is 1. The molecule has 0 saturated carbocycles. The minimum absolute atomic E-state index is 0.181. The van der Waals surface area contributed by atoms with Crippen molar-refractivity contribution in [1.29, 1.82) is 0 Å². The van der Waals surface area contributed by atoms with Crippen molar-refractivity contribution in [3.63, 3.8) is 0 Å². The Hall–Kier alpha value is -2.31. The third-order valence-corrected chi connectivity index (χ3v) is 3.66. The first-order valence-electron chi connectivity index (χ1n) is 7.59. The molecule has 1 aromatic carbocycles. The van der Waals surface area contributed by atoms with Crippen LogP contribution in [0.1, 0.15) is 17.5 Å². The first kappa shape index (κ1) is 15.6. The fourth-order valence-electron chi connectivity index (χ4n) is 2.55. The summed E-state index contributed by atoms with van der Waals surface area (Å²) in [4.78, 5) is 13.9. The van der Waals surface area contributed by atoms with Gasteiger partial charge in [0.25, 0.3) is 11.9 Å². The van der Waals surface area contributed by atoms with Crippen LogP contribution in [0.4, 0.5) is 0 Å². The standard InChI is InChI=1S/C17H19NO5/c1-2-21-15-11-18(10-13(15)19)17(20)14-8-9-16(23-14)22-12-6-4-3-5-7-12/h3-9,13,15,19H,2,10-11H2,1H3/t13-,15-/m1/s1. The lowest BCUT2D eigenvalue weighted by molar-refractivity contribution is -0.00239. The zero-order valence-corrected chi connectivity index (χ0v) is 12.8. The summed E-state index contributed by atoms with van der Waals surface area (Å²) in [5.74, 6) is 0.781. The van der Waals surface area contributed by atoms with Crippen LogP contribution in [0.2, 0.25) is 0 Å². The van der Waals surface area contributed by atoms with Gasteiger partial charge in [-0.15, -0.1) is 0 Å². The third-order valence-electron chi connectivity index (χ3n) is 3.66. The number of carbonyl (C=O) groups is 1. The van der Waals surface area contributed by atoms with Crippen LogP contribution in [0.15, 0.2) is 46.9 Å². The van der Waals surface area contributed by atoms with Crippen LogP contribution in [-0.4, -0.2) is 47.8 Å². The second-order valence-electron chi connectivity index (χ2n) is 5.31. The number of likely N-dealkylation sites (tertiary alicyclic amines) is 1. The molecule has 0 bridgehead atoms. The maximum absolute atomic E-state index is 12.4. The summed E-state index contributed by atoms with van der Waals surface area (Å²) in [6.45, 7) is 2.94. The zero-order valence-electron chi connectivity index (χ0n) is 12.8. The molecule has 23 heavy (non-hydrogen) atoms. The molecule has 0 spiro atoms. The fourth-order valence-corrected chi connectivity index (χ4v) is 2.55. The number of β-amino-alcohol motifs (C(OH)–C–C–N with tert-alkyl or cyclic N) is 1. The van der Waals surface area contributed by atoms with E-state index in [1.807, 2.05) is 25.1 Å². The van der Waals surface area contributed by atoms with Gasteiger partial charge in [0.15, 0.2) is 5.76 Å². The molecule has 1 aromatic heterocycles. The summed E-state index contributed by atoms with van der Waals surface area (Å²) in [5.41, 5.74) is 0. The Morgan fingerprint density at radius 1 is 1.26 bits per heavy atom. The van der Waals surface area contributed by atoms with Gasteiger partial charge in [0.1, 0.15) is 11.9 Å². The van der Waals surface area contributed by atoms with Gasteiger partial charge in [0, 0.05) is 19.2 Å². The highest BCUT2D eigenvalue weighted by Crippen LogP contribution is 2.25. The van der Waals surface area contributed by atoms with Crippen molar-refractivity contribution in [3.05, 3.63) is 48.2 Å². The maximum atomic E-state index is 12.4. The summed E-state index contributed by atoms with van der Waals surface area (Å²) in [5, 5.41) is 9.91. The van der Waals surface area contributed by atoms with Gasteiger partial charge in [-0.1, -0.05) is 18.2 Å². The number of nitrogens with zero attached hydrogens (tertiary/aromatic N) is 1. The fraction of sp³-hybridized carbons (Fsp3) is 0.353. The molecule has 2 atom stereocenters. The molecule has 1 aliphatic heterocycles. The molecule has 1 fully saturated rings. The predicted molar refractivity (Wildman–Crippen MR) is 82.5 cm³/mol. The molecule has 1 N–H and O–H groups in total. The van der Waals surface area contributed by atoms with Crippen LogP contribution in [0.25, 0.3) is 0 Å². The van der Waals surface area contributed by atoms with Gasteiger partial charge < -0.3 is 23.9 Å². The number of para-hydroxylation sites is 1. The van der Waals surface area contributed by atoms with Gasteiger partial charge in [-0.25, -0.2) is 0 Å². The third kappa shape index (κ3) is 3.55. The SMILES string of the molecule is CCO[C@@H]1CN(C(=O)c2ccc(Oc3ccccc3)o2)C[C@H]1O. The Morgan fingerprint density at radius 3 is 2.78 bits per heavy atom. The molecule has 1 saturated heterocycles. The Morgan fingerprint density at radius 2 is 2.04 bits per heavy atom. The number of aliphatic hydroxyl groups is 1. The Kier molecular flexibility index (Phi) is 4.64. The quantitative estimate of drug-likeness (QED) is 0.916. The highest BCUT2D eigenvalue weighted by atomic mass is 16.6. The smallest absolute Gasteiger partial charge is 0.290 e. The van der Waals surface area contributed by atoms with E-state index in [-0.39, 0.29) is 30.3 Å². The summed E-state index contributed by atoms with van der Waals surface area (Å²) in [6.07, 6.45) is -1.02. The molecule has 0 aliphatic carbocycles. The molecule has 6 heteroatoms. The first-order valence-corrected chi connectivity index (χ1v) is 7.59. The molecule has 122 valence electrons. The summed E-state index contributed by atoms with van der Waals surface area (Å²) < 4.78 is 16.4. The van der Waals surface area contributed by atoms with Gasteiger partial charge in [-0.3, -0.25) is 4.79 Å². The van der Waals surface area contributed by atoms with Gasteiger partial charge in [-0.2, -0.15) is 0 Å². The van der Waals surface area contributed by atoms with E-state index in [0.29, 0.717) is 18.9 Å². The van der Waals surface area contributed by atoms with Gasteiger partial charge >= 0.3 is 0 Å². The molecular formula is C17H19NO5. The average Bonchev–Trinajstić information content (AvgIpc) is 3.16. The van der Waals surface area contributed by atoms with E-state index in [9.17, 15) is 9.90 Å². The Labute approximate surface area is 134 Å². The first-order chi connectivity index (χ1) is 11.2. The van der Waals surface area contributed by atoms with Crippen molar-refractivity contribution in [2.24, 2.45) is 0 Å². The largest absolute Gasteiger partial charge is 0.426 e. The highest BCUT2D eigenvalue weighted by Gasteiger charge is 2.35. The van der Waals surface area contributed by atoms with Crippen LogP contribution in [0.3, 0.4) is 0 Å². The molecule has 2 heterocycles. The van der Waals surface area contributed by atoms with Crippen LogP contribution >= 0.6 is 0 Å². The number of hydrogen-bond acceptors (Lipinski definition) is 5. The lowest BCUT2D eigenvalue weighted by Gasteiger charge is -2.14. The molecular weight excluding hydrogens is 298 g/mol. The second-order valence-corrected chi connectivity index (χ2v) is 5.31. The topological polar surface area (TPSA) is 72.1 Å².